The molecule has 1 amide bonds. The van der Waals surface area contributed by atoms with Gasteiger partial charge in [-0.1, -0.05) is 0 Å². The number of imidazole rings is 1. The summed E-state index contributed by atoms with van der Waals surface area (Å²) in [6.45, 7) is 2.03. The molecule has 0 aliphatic rings. The molecule has 9 nitrogen and oxygen atoms in total. The van der Waals surface area contributed by atoms with Gasteiger partial charge in [-0.3, -0.25) is 14.2 Å². The highest BCUT2D eigenvalue weighted by atomic mass is 16.5. The molecule has 142 valence electrons. The van der Waals surface area contributed by atoms with Crippen molar-refractivity contribution in [2.24, 2.45) is 0 Å². The Hall–Kier alpha value is -3.36. The third-order valence-electron chi connectivity index (χ3n) is 4.22. The Balaban J connectivity index is 1.81. The average Bonchev–Trinajstić information content (AvgIpc) is 3.17. The Morgan fingerprint density at radius 1 is 1.26 bits per heavy atom. The van der Waals surface area contributed by atoms with Gasteiger partial charge < -0.3 is 19.8 Å². The van der Waals surface area contributed by atoms with Crippen molar-refractivity contribution >= 4 is 16.8 Å². The largest absolute Gasteiger partial charge is 0.493 e. The van der Waals surface area contributed by atoms with Gasteiger partial charge in [0.1, 0.15) is 12.4 Å². The number of ether oxygens (including phenoxy) is 2. The lowest BCUT2D eigenvalue weighted by Gasteiger charge is -2.13. The van der Waals surface area contributed by atoms with Gasteiger partial charge in [0.15, 0.2) is 11.5 Å². The molecular formula is C18H21N5O4. The second kappa shape index (κ2) is 7.90. The monoisotopic (exact) mass is 371 g/mol. The minimum Gasteiger partial charge on any atom is -0.493 e. The third-order valence-corrected chi connectivity index (χ3v) is 4.22. The first kappa shape index (κ1) is 18.4. The van der Waals surface area contributed by atoms with Gasteiger partial charge in [0.2, 0.25) is 5.91 Å². The number of methoxy groups -OCH3 is 2. The Morgan fingerprint density at radius 3 is 2.67 bits per heavy atom. The smallest absolute Gasteiger partial charge is 0.262 e. The summed E-state index contributed by atoms with van der Waals surface area (Å²) in [4.78, 5) is 36.4. The van der Waals surface area contributed by atoms with Crippen molar-refractivity contribution in [3.8, 4) is 11.5 Å². The lowest BCUT2D eigenvalue weighted by Crippen LogP contribution is -2.34. The van der Waals surface area contributed by atoms with E-state index in [9.17, 15) is 9.59 Å². The molecule has 9 heteroatoms. The van der Waals surface area contributed by atoms with Crippen molar-refractivity contribution in [3.05, 3.63) is 46.5 Å². The zero-order valence-electron chi connectivity index (χ0n) is 15.4. The van der Waals surface area contributed by atoms with Crippen molar-refractivity contribution in [3.63, 3.8) is 0 Å². The van der Waals surface area contributed by atoms with Gasteiger partial charge in [-0.05, 0) is 13.0 Å². The van der Waals surface area contributed by atoms with Gasteiger partial charge >= 0.3 is 0 Å². The lowest BCUT2D eigenvalue weighted by molar-refractivity contribution is -0.121. The molecule has 3 aromatic rings. The molecule has 0 aliphatic carbocycles. The average molecular weight is 371 g/mol. The van der Waals surface area contributed by atoms with Crippen LogP contribution in [-0.4, -0.2) is 46.2 Å². The number of rotatable bonds is 7. The first-order chi connectivity index (χ1) is 13.0. The van der Waals surface area contributed by atoms with E-state index in [0.717, 1.165) is 5.69 Å². The number of benzene rings is 1. The maximum atomic E-state index is 12.8. The predicted molar refractivity (Wildman–Crippen MR) is 99.1 cm³/mol. The summed E-state index contributed by atoms with van der Waals surface area (Å²) in [5.74, 6) is 1.11. The molecular weight excluding hydrogens is 350 g/mol. The predicted octanol–water partition coefficient (Wildman–Crippen LogP) is 0.804. The van der Waals surface area contributed by atoms with E-state index in [1.807, 2.05) is 0 Å². The van der Waals surface area contributed by atoms with Crippen LogP contribution >= 0.6 is 0 Å². The van der Waals surface area contributed by atoms with Gasteiger partial charge in [-0.15, -0.1) is 0 Å². The molecule has 0 bridgehead atoms. The summed E-state index contributed by atoms with van der Waals surface area (Å²) in [5.41, 5.74) is 1.12. The van der Waals surface area contributed by atoms with Crippen molar-refractivity contribution < 1.29 is 14.3 Å². The van der Waals surface area contributed by atoms with Crippen LogP contribution in [0.25, 0.3) is 10.9 Å². The van der Waals surface area contributed by atoms with Crippen LogP contribution in [0.3, 0.4) is 0 Å². The molecule has 0 saturated carbocycles. The maximum Gasteiger partial charge on any atom is 0.262 e. The molecule has 27 heavy (non-hydrogen) atoms. The standard InChI is InChI=1S/C18H21N5O4/c1-11-22-14-7-16(27-3)15(26-2)6-13(14)18(25)23(11)9-17(24)20-5-4-12-8-19-10-21-12/h6-8,10H,4-5,9H2,1-3H3,(H,19,21)(H,20,24). The van der Waals surface area contributed by atoms with Gasteiger partial charge in [-0.25, -0.2) is 9.97 Å². The van der Waals surface area contributed by atoms with Crippen LogP contribution in [0.4, 0.5) is 0 Å². The Labute approximate surface area is 155 Å². The molecule has 0 unspecified atom stereocenters. The van der Waals surface area contributed by atoms with E-state index in [0.29, 0.717) is 41.2 Å². The Bertz CT molecular complexity index is 1010. The molecule has 2 aromatic heterocycles. The summed E-state index contributed by atoms with van der Waals surface area (Å²) in [6, 6.07) is 3.23. The molecule has 3 rings (SSSR count). The Kier molecular flexibility index (Phi) is 5.39. The highest BCUT2D eigenvalue weighted by Crippen LogP contribution is 2.30. The van der Waals surface area contributed by atoms with E-state index in [1.54, 1.807) is 31.6 Å². The first-order valence-electron chi connectivity index (χ1n) is 8.40. The second-order valence-corrected chi connectivity index (χ2v) is 5.95. The van der Waals surface area contributed by atoms with Crippen LogP contribution < -0.4 is 20.3 Å². The number of H-pyrrole nitrogens is 1. The molecule has 0 radical (unpaired) electrons. The van der Waals surface area contributed by atoms with Gasteiger partial charge in [0.05, 0.1) is 31.4 Å². The number of aryl methyl sites for hydroxylation is 1. The summed E-state index contributed by atoms with van der Waals surface area (Å²) in [5, 5.41) is 3.16. The van der Waals surface area contributed by atoms with Crippen molar-refractivity contribution in [2.75, 3.05) is 20.8 Å². The van der Waals surface area contributed by atoms with E-state index < -0.39 is 0 Å². The second-order valence-electron chi connectivity index (χ2n) is 5.95. The third kappa shape index (κ3) is 3.91. The van der Waals surface area contributed by atoms with Crippen LogP contribution in [0.15, 0.2) is 29.5 Å². The van der Waals surface area contributed by atoms with Crippen LogP contribution in [0.5, 0.6) is 11.5 Å². The van der Waals surface area contributed by atoms with Gasteiger partial charge in [-0.2, -0.15) is 0 Å². The summed E-state index contributed by atoms with van der Waals surface area (Å²) < 4.78 is 11.8. The van der Waals surface area contributed by atoms with E-state index in [2.05, 4.69) is 20.3 Å². The fourth-order valence-corrected chi connectivity index (χ4v) is 2.80. The number of amides is 1. The molecule has 2 heterocycles. The fourth-order valence-electron chi connectivity index (χ4n) is 2.80. The number of nitrogens with zero attached hydrogens (tertiary/aromatic N) is 3. The van der Waals surface area contributed by atoms with Crippen LogP contribution in [0, 0.1) is 6.92 Å². The van der Waals surface area contributed by atoms with Crippen molar-refractivity contribution in [1.82, 2.24) is 24.8 Å². The van der Waals surface area contributed by atoms with E-state index in [-0.39, 0.29) is 18.0 Å². The van der Waals surface area contributed by atoms with Crippen LogP contribution in [-0.2, 0) is 17.8 Å². The highest BCUT2D eigenvalue weighted by molar-refractivity contribution is 5.82. The Morgan fingerprint density at radius 2 is 2.00 bits per heavy atom. The van der Waals surface area contributed by atoms with Gasteiger partial charge in [0.25, 0.3) is 5.56 Å². The highest BCUT2D eigenvalue weighted by Gasteiger charge is 2.15. The zero-order valence-corrected chi connectivity index (χ0v) is 15.4. The summed E-state index contributed by atoms with van der Waals surface area (Å²) in [7, 11) is 3.02. The minimum absolute atomic E-state index is 0.106. The zero-order chi connectivity index (χ0) is 19.4. The molecule has 0 fully saturated rings. The molecule has 1 aromatic carbocycles. The number of carbonyl (C=O) groups excluding carboxylic acids is 1. The summed E-state index contributed by atoms with van der Waals surface area (Å²) >= 11 is 0. The number of hydrogen-bond donors (Lipinski definition) is 2. The number of carbonyl (C=O) groups is 1. The fraction of sp³-hybridized carbons (Fsp3) is 0.333. The quantitative estimate of drug-likeness (QED) is 0.636. The van der Waals surface area contributed by atoms with Crippen LogP contribution in [0.2, 0.25) is 0 Å². The molecule has 2 N–H and O–H groups in total. The first-order valence-corrected chi connectivity index (χ1v) is 8.40. The number of aromatic amines is 1. The van der Waals surface area contributed by atoms with Crippen molar-refractivity contribution in [1.29, 1.82) is 0 Å². The molecule has 0 atom stereocenters. The number of aromatic nitrogens is 4. The SMILES string of the molecule is COc1cc2nc(C)n(CC(=O)NCCc3cnc[nH]3)c(=O)c2cc1OC. The molecule has 0 spiro atoms. The summed E-state index contributed by atoms with van der Waals surface area (Å²) in [6.07, 6.45) is 3.92. The normalized spacial score (nSPS) is 10.8. The van der Waals surface area contributed by atoms with Crippen LogP contribution in [0.1, 0.15) is 11.5 Å². The molecule has 0 aliphatic heterocycles. The lowest BCUT2D eigenvalue weighted by atomic mass is 10.2. The van der Waals surface area contributed by atoms with E-state index in [1.165, 1.54) is 18.8 Å². The van der Waals surface area contributed by atoms with Gasteiger partial charge in [0, 0.05) is 30.9 Å². The molecule has 0 saturated heterocycles. The number of fused-ring (bicyclic) bond motifs is 1. The number of nitrogens with one attached hydrogen (secondary N) is 2. The van der Waals surface area contributed by atoms with E-state index >= 15 is 0 Å². The maximum absolute atomic E-state index is 12.8. The number of hydrogen-bond acceptors (Lipinski definition) is 6. The topological polar surface area (TPSA) is 111 Å². The minimum atomic E-state index is -0.304. The van der Waals surface area contributed by atoms with E-state index in [4.69, 9.17) is 9.47 Å². The van der Waals surface area contributed by atoms with Crippen molar-refractivity contribution in [2.45, 2.75) is 19.9 Å².